The minimum Gasteiger partial charge on any atom is -0.334 e. The largest absolute Gasteiger partial charge is 0.334 e. The normalized spacial score (nSPS) is 15.7. The lowest BCUT2D eigenvalue weighted by Crippen LogP contribution is -2.31. The van der Waals surface area contributed by atoms with Crippen LogP contribution in [0.1, 0.15) is 29.3 Å². The third-order valence-corrected chi connectivity index (χ3v) is 6.90. The predicted octanol–water partition coefficient (Wildman–Crippen LogP) is 3.79. The lowest BCUT2D eigenvalue weighted by atomic mass is 10.1. The molecule has 1 heterocycles. The molecule has 3 rings (SSSR count). The van der Waals surface area contributed by atoms with E-state index in [0.29, 0.717) is 36.3 Å². The number of amides is 1. The number of anilines is 1. The van der Waals surface area contributed by atoms with Crippen LogP contribution in [0.15, 0.2) is 46.9 Å². The highest BCUT2D eigenvalue weighted by atomic mass is 79.9. The van der Waals surface area contributed by atoms with Crippen LogP contribution >= 0.6 is 15.9 Å². The molecule has 0 spiro atoms. The number of nitrogens with zero attached hydrogens (tertiary/aromatic N) is 2. The summed E-state index contributed by atoms with van der Waals surface area (Å²) in [6, 6.07) is 11.2. The van der Waals surface area contributed by atoms with Crippen molar-refractivity contribution in [3.8, 4) is 0 Å². The number of sulfonamides is 1. The maximum atomic E-state index is 14.0. The van der Waals surface area contributed by atoms with E-state index in [1.165, 1.54) is 10.4 Å². The van der Waals surface area contributed by atoms with Crippen LogP contribution in [0.4, 0.5) is 10.1 Å². The summed E-state index contributed by atoms with van der Waals surface area (Å²) in [5.41, 5.74) is 1.43. The van der Waals surface area contributed by atoms with Crippen LogP contribution in [0.25, 0.3) is 0 Å². The fourth-order valence-corrected chi connectivity index (χ4v) is 5.05. The van der Waals surface area contributed by atoms with Crippen LogP contribution in [0, 0.1) is 5.82 Å². The van der Waals surface area contributed by atoms with Crippen molar-refractivity contribution in [2.24, 2.45) is 0 Å². The summed E-state index contributed by atoms with van der Waals surface area (Å²) < 4.78 is 40.1. The molecule has 1 aliphatic rings. The summed E-state index contributed by atoms with van der Waals surface area (Å²) >= 11 is 3.32. The standard InChI is InChI=1S/C19H20BrFN2O3S/c1-2-22(13-15-12-16(20)6-9-18(15)21)19(24)14-4-7-17(8-5-14)23-10-3-11-27(23,25)26/h4-9,12H,2-3,10-11,13H2,1H3. The average Bonchev–Trinajstić information content (AvgIpc) is 3.01. The van der Waals surface area contributed by atoms with Gasteiger partial charge in [0.25, 0.3) is 5.91 Å². The quantitative estimate of drug-likeness (QED) is 0.690. The summed E-state index contributed by atoms with van der Waals surface area (Å²) in [6.45, 7) is 2.87. The van der Waals surface area contributed by atoms with Crippen molar-refractivity contribution in [2.45, 2.75) is 19.9 Å². The third-order valence-electron chi connectivity index (χ3n) is 4.54. The lowest BCUT2D eigenvalue weighted by molar-refractivity contribution is 0.0751. The van der Waals surface area contributed by atoms with Gasteiger partial charge >= 0.3 is 0 Å². The van der Waals surface area contributed by atoms with Gasteiger partial charge in [-0.15, -0.1) is 0 Å². The highest BCUT2D eigenvalue weighted by molar-refractivity contribution is 9.10. The van der Waals surface area contributed by atoms with E-state index in [1.807, 2.05) is 6.92 Å². The van der Waals surface area contributed by atoms with Crippen LogP contribution in [-0.2, 0) is 16.6 Å². The van der Waals surface area contributed by atoms with Crippen LogP contribution in [0.3, 0.4) is 0 Å². The molecule has 8 heteroatoms. The van der Waals surface area contributed by atoms with Crippen molar-refractivity contribution in [2.75, 3.05) is 23.1 Å². The summed E-state index contributed by atoms with van der Waals surface area (Å²) in [5, 5.41) is 0. The van der Waals surface area contributed by atoms with Gasteiger partial charge in [0.15, 0.2) is 0 Å². The van der Waals surface area contributed by atoms with E-state index in [1.54, 1.807) is 41.3 Å². The van der Waals surface area contributed by atoms with Crippen molar-refractivity contribution >= 4 is 37.5 Å². The van der Waals surface area contributed by atoms with Crippen molar-refractivity contribution in [3.05, 3.63) is 63.9 Å². The zero-order valence-corrected chi connectivity index (χ0v) is 17.3. The Bertz CT molecular complexity index is 948. The molecule has 2 aromatic carbocycles. The van der Waals surface area contributed by atoms with Crippen LogP contribution in [0.2, 0.25) is 0 Å². The Morgan fingerprint density at radius 3 is 2.52 bits per heavy atom. The molecule has 0 atom stereocenters. The Balaban J connectivity index is 1.78. The van der Waals surface area contributed by atoms with Gasteiger partial charge in [0.05, 0.1) is 11.4 Å². The maximum Gasteiger partial charge on any atom is 0.254 e. The molecule has 0 radical (unpaired) electrons. The molecule has 0 N–H and O–H groups in total. The Kier molecular flexibility index (Phi) is 5.86. The van der Waals surface area contributed by atoms with Crippen LogP contribution < -0.4 is 4.31 Å². The Morgan fingerprint density at radius 1 is 1.22 bits per heavy atom. The molecule has 0 unspecified atom stereocenters. The van der Waals surface area contributed by atoms with Gasteiger partial charge in [0.2, 0.25) is 10.0 Å². The molecular weight excluding hydrogens is 435 g/mol. The van der Waals surface area contributed by atoms with E-state index < -0.39 is 10.0 Å². The van der Waals surface area contributed by atoms with Crippen molar-refractivity contribution < 1.29 is 17.6 Å². The topological polar surface area (TPSA) is 57.7 Å². The van der Waals surface area contributed by atoms with Gasteiger partial charge in [0, 0.05) is 35.2 Å². The Hall–Kier alpha value is -1.93. The zero-order valence-electron chi connectivity index (χ0n) is 14.9. The number of rotatable bonds is 5. The third kappa shape index (κ3) is 4.32. The second-order valence-electron chi connectivity index (χ2n) is 6.34. The SMILES string of the molecule is CCN(Cc1cc(Br)ccc1F)C(=O)c1ccc(N2CCCS2(=O)=O)cc1. The predicted molar refractivity (Wildman–Crippen MR) is 107 cm³/mol. The van der Waals surface area contributed by atoms with Gasteiger partial charge < -0.3 is 4.90 Å². The van der Waals surface area contributed by atoms with Crippen molar-refractivity contribution in [3.63, 3.8) is 0 Å². The van der Waals surface area contributed by atoms with E-state index in [4.69, 9.17) is 0 Å². The minimum atomic E-state index is -3.25. The van der Waals surface area contributed by atoms with Gasteiger partial charge in [-0.05, 0) is 55.8 Å². The molecular formula is C19H20BrFN2O3S. The molecule has 0 aliphatic carbocycles. The van der Waals surface area contributed by atoms with E-state index >= 15 is 0 Å². The first kappa shape index (κ1) is 19.8. The van der Waals surface area contributed by atoms with E-state index in [9.17, 15) is 17.6 Å². The molecule has 5 nitrogen and oxygen atoms in total. The summed E-state index contributed by atoms with van der Waals surface area (Å²) in [4.78, 5) is 14.3. The molecule has 1 aliphatic heterocycles. The molecule has 1 amide bonds. The van der Waals surface area contributed by atoms with E-state index in [0.717, 1.165) is 4.47 Å². The number of benzene rings is 2. The number of hydrogen-bond acceptors (Lipinski definition) is 3. The second kappa shape index (κ2) is 7.98. The van der Waals surface area contributed by atoms with Crippen LogP contribution in [-0.4, -0.2) is 38.1 Å². The molecule has 1 saturated heterocycles. The van der Waals surface area contributed by atoms with E-state index in [-0.39, 0.29) is 24.0 Å². The fraction of sp³-hybridized carbons (Fsp3) is 0.316. The first-order valence-electron chi connectivity index (χ1n) is 8.65. The summed E-state index contributed by atoms with van der Waals surface area (Å²) in [7, 11) is -3.25. The lowest BCUT2D eigenvalue weighted by Gasteiger charge is -2.22. The van der Waals surface area contributed by atoms with Gasteiger partial charge in [-0.2, -0.15) is 0 Å². The molecule has 1 fully saturated rings. The van der Waals surface area contributed by atoms with Gasteiger partial charge in [-0.3, -0.25) is 9.10 Å². The highest BCUT2D eigenvalue weighted by Gasteiger charge is 2.28. The smallest absolute Gasteiger partial charge is 0.254 e. The maximum absolute atomic E-state index is 14.0. The molecule has 0 aromatic heterocycles. The molecule has 27 heavy (non-hydrogen) atoms. The molecule has 2 aromatic rings. The van der Waals surface area contributed by atoms with E-state index in [2.05, 4.69) is 15.9 Å². The Morgan fingerprint density at radius 2 is 1.93 bits per heavy atom. The molecule has 0 bridgehead atoms. The van der Waals surface area contributed by atoms with Gasteiger partial charge in [-0.25, -0.2) is 12.8 Å². The minimum absolute atomic E-state index is 0.148. The highest BCUT2D eigenvalue weighted by Crippen LogP contribution is 2.25. The number of hydrogen-bond donors (Lipinski definition) is 0. The van der Waals surface area contributed by atoms with Gasteiger partial charge in [-0.1, -0.05) is 15.9 Å². The summed E-state index contributed by atoms with van der Waals surface area (Å²) in [5.74, 6) is -0.443. The number of carbonyl (C=O) groups is 1. The number of carbonyl (C=O) groups excluding carboxylic acids is 1. The zero-order chi connectivity index (χ0) is 19.6. The first-order valence-corrected chi connectivity index (χ1v) is 11.1. The summed E-state index contributed by atoms with van der Waals surface area (Å²) in [6.07, 6.45) is 0.602. The van der Waals surface area contributed by atoms with Crippen LogP contribution in [0.5, 0.6) is 0 Å². The van der Waals surface area contributed by atoms with Crippen molar-refractivity contribution in [1.29, 1.82) is 0 Å². The number of halogens is 2. The second-order valence-corrected chi connectivity index (χ2v) is 9.27. The van der Waals surface area contributed by atoms with Gasteiger partial charge in [0.1, 0.15) is 5.82 Å². The monoisotopic (exact) mass is 454 g/mol. The first-order chi connectivity index (χ1) is 12.8. The Labute approximate surface area is 167 Å². The average molecular weight is 455 g/mol. The van der Waals surface area contributed by atoms with Crippen molar-refractivity contribution in [1.82, 2.24) is 4.90 Å². The molecule has 0 saturated carbocycles. The fourth-order valence-electron chi connectivity index (χ4n) is 3.08. The molecule has 144 valence electrons.